The maximum Gasteiger partial charge on any atom is 0.167 e. The molecule has 1 unspecified atom stereocenters. The third kappa shape index (κ3) is 1.47. The summed E-state index contributed by atoms with van der Waals surface area (Å²) in [7, 11) is 1.62. The van der Waals surface area contributed by atoms with Crippen LogP contribution in [0.3, 0.4) is 0 Å². The van der Waals surface area contributed by atoms with Crippen LogP contribution in [0.1, 0.15) is 18.3 Å². The van der Waals surface area contributed by atoms with Gasteiger partial charge < -0.3 is 15.2 Å². The van der Waals surface area contributed by atoms with E-state index in [1.807, 2.05) is 19.9 Å². The second-order valence-corrected chi connectivity index (χ2v) is 4.57. The fraction of sp³-hybridized carbons (Fsp3) is 0.385. The van der Waals surface area contributed by atoms with Crippen molar-refractivity contribution in [3.63, 3.8) is 0 Å². The van der Waals surface area contributed by atoms with E-state index in [2.05, 4.69) is 9.97 Å². The molecule has 0 spiro atoms. The van der Waals surface area contributed by atoms with Gasteiger partial charge in [-0.05, 0) is 19.9 Å². The first kappa shape index (κ1) is 11.1. The molecule has 1 aliphatic heterocycles. The third-order valence-electron chi connectivity index (χ3n) is 3.18. The number of nitrogen functional groups attached to an aromatic ring is 1. The van der Waals surface area contributed by atoms with E-state index in [0.29, 0.717) is 17.4 Å². The molecule has 1 aromatic carbocycles. The Hall–Kier alpha value is -2.04. The van der Waals surface area contributed by atoms with Crippen molar-refractivity contribution >= 4 is 16.7 Å². The number of fused-ring (bicyclic) bond motifs is 3. The highest BCUT2D eigenvalue weighted by Crippen LogP contribution is 2.43. The first-order valence-electron chi connectivity index (χ1n) is 5.90. The van der Waals surface area contributed by atoms with Gasteiger partial charge in [0.15, 0.2) is 11.5 Å². The predicted molar refractivity (Wildman–Crippen MR) is 69.0 cm³/mol. The molecule has 3 rings (SSSR count). The molecule has 0 saturated carbocycles. The van der Waals surface area contributed by atoms with Crippen LogP contribution >= 0.6 is 0 Å². The topological polar surface area (TPSA) is 70.3 Å². The number of nitrogens with two attached hydrogens (primary N) is 1. The summed E-state index contributed by atoms with van der Waals surface area (Å²) in [6.45, 7) is 3.87. The summed E-state index contributed by atoms with van der Waals surface area (Å²) in [6.07, 6.45) is 0.954. The second kappa shape index (κ2) is 3.73. The minimum atomic E-state index is 0.135. The maximum atomic E-state index is 5.96. The Balaban J connectivity index is 2.40. The molecule has 2 aromatic rings. The van der Waals surface area contributed by atoms with Crippen LogP contribution in [0.2, 0.25) is 0 Å². The molecular formula is C13H15N3O2. The number of benzene rings is 1. The predicted octanol–water partition coefficient (Wildman–Crippen LogP) is 1.85. The van der Waals surface area contributed by atoms with Gasteiger partial charge >= 0.3 is 0 Å². The van der Waals surface area contributed by atoms with Gasteiger partial charge in [-0.1, -0.05) is 0 Å². The number of nitrogens with zero attached hydrogens (tertiary/aromatic N) is 2. The van der Waals surface area contributed by atoms with Gasteiger partial charge in [0.05, 0.1) is 12.6 Å². The van der Waals surface area contributed by atoms with E-state index in [0.717, 1.165) is 28.6 Å². The fourth-order valence-corrected chi connectivity index (χ4v) is 2.43. The average molecular weight is 245 g/mol. The molecule has 0 fully saturated rings. The smallest absolute Gasteiger partial charge is 0.167 e. The van der Waals surface area contributed by atoms with Crippen LogP contribution in [0.25, 0.3) is 10.9 Å². The van der Waals surface area contributed by atoms with Gasteiger partial charge in [-0.3, -0.25) is 0 Å². The summed E-state index contributed by atoms with van der Waals surface area (Å²) in [5.41, 5.74) is 7.90. The highest BCUT2D eigenvalue weighted by molar-refractivity contribution is 5.94. The lowest BCUT2D eigenvalue weighted by Crippen LogP contribution is -2.05. The number of methoxy groups -OCH3 is 1. The van der Waals surface area contributed by atoms with Crippen LogP contribution in [0, 0.1) is 6.92 Å². The normalized spacial score (nSPS) is 17.6. The van der Waals surface area contributed by atoms with Crippen molar-refractivity contribution in [1.82, 2.24) is 9.97 Å². The van der Waals surface area contributed by atoms with Crippen LogP contribution in [-0.4, -0.2) is 23.2 Å². The number of anilines is 1. The Labute approximate surface area is 105 Å². The lowest BCUT2D eigenvalue weighted by Gasteiger charge is -2.11. The van der Waals surface area contributed by atoms with Crippen LogP contribution in [-0.2, 0) is 6.42 Å². The molecule has 1 atom stereocenters. The van der Waals surface area contributed by atoms with Crippen molar-refractivity contribution in [1.29, 1.82) is 0 Å². The second-order valence-electron chi connectivity index (χ2n) is 4.57. The van der Waals surface area contributed by atoms with Gasteiger partial charge in [-0.25, -0.2) is 9.97 Å². The quantitative estimate of drug-likeness (QED) is 0.830. The first-order chi connectivity index (χ1) is 8.60. The highest BCUT2D eigenvalue weighted by Gasteiger charge is 2.27. The van der Waals surface area contributed by atoms with Crippen molar-refractivity contribution in [3.8, 4) is 11.5 Å². The van der Waals surface area contributed by atoms with Crippen LogP contribution in [0.4, 0.5) is 5.82 Å². The van der Waals surface area contributed by atoms with Gasteiger partial charge in [0, 0.05) is 17.4 Å². The summed E-state index contributed by atoms with van der Waals surface area (Å²) in [4.78, 5) is 8.68. The minimum absolute atomic E-state index is 0.135. The Morgan fingerprint density at radius 3 is 2.94 bits per heavy atom. The summed E-state index contributed by atoms with van der Waals surface area (Å²) in [6, 6.07) is 1.85. The number of hydrogen-bond acceptors (Lipinski definition) is 5. The molecule has 18 heavy (non-hydrogen) atoms. The number of hydrogen-bond donors (Lipinski definition) is 1. The molecule has 0 amide bonds. The zero-order chi connectivity index (χ0) is 12.9. The lowest BCUT2D eigenvalue weighted by molar-refractivity contribution is 0.243. The molecule has 0 radical (unpaired) electrons. The zero-order valence-corrected chi connectivity index (χ0v) is 10.7. The molecule has 94 valence electrons. The minimum Gasteiger partial charge on any atom is -0.493 e. The van der Waals surface area contributed by atoms with Crippen LogP contribution in [0.5, 0.6) is 11.5 Å². The monoisotopic (exact) mass is 245 g/mol. The standard InChI is InChI=1S/C13H15N3O2/c1-6-4-8-11-9(13(14)16-7(2)15-11)5-10(17-3)12(8)18-6/h5-6H,4H2,1-3H3,(H2,14,15,16). The largest absolute Gasteiger partial charge is 0.493 e. The van der Waals surface area contributed by atoms with E-state index in [1.54, 1.807) is 7.11 Å². The summed E-state index contributed by atoms with van der Waals surface area (Å²) in [5.74, 6) is 2.64. The Morgan fingerprint density at radius 2 is 2.22 bits per heavy atom. The molecule has 2 heterocycles. The van der Waals surface area contributed by atoms with Crippen molar-refractivity contribution in [3.05, 3.63) is 17.5 Å². The molecular weight excluding hydrogens is 230 g/mol. The first-order valence-corrected chi connectivity index (χ1v) is 5.90. The molecule has 1 aliphatic rings. The lowest BCUT2D eigenvalue weighted by atomic mass is 10.1. The number of rotatable bonds is 1. The Bertz CT molecular complexity index is 640. The van der Waals surface area contributed by atoms with Gasteiger partial charge in [0.2, 0.25) is 0 Å². The van der Waals surface area contributed by atoms with E-state index in [1.165, 1.54) is 0 Å². The Morgan fingerprint density at radius 1 is 1.44 bits per heavy atom. The fourth-order valence-electron chi connectivity index (χ4n) is 2.43. The number of aryl methyl sites for hydroxylation is 1. The number of ether oxygens (including phenoxy) is 2. The van der Waals surface area contributed by atoms with Gasteiger partial charge in [0.25, 0.3) is 0 Å². The van der Waals surface area contributed by atoms with Crippen molar-refractivity contribution in [2.45, 2.75) is 26.4 Å². The van der Waals surface area contributed by atoms with E-state index in [9.17, 15) is 0 Å². The van der Waals surface area contributed by atoms with Crippen LogP contribution in [0.15, 0.2) is 6.07 Å². The molecule has 2 N–H and O–H groups in total. The maximum absolute atomic E-state index is 5.96. The van der Waals surface area contributed by atoms with E-state index in [-0.39, 0.29) is 6.10 Å². The zero-order valence-electron chi connectivity index (χ0n) is 10.7. The highest BCUT2D eigenvalue weighted by atomic mass is 16.5. The van der Waals surface area contributed by atoms with Gasteiger partial charge in [-0.15, -0.1) is 0 Å². The summed E-state index contributed by atoms with van der Waals surface area (Å²) in [5, 5.41) is 0.828. The molecule has 1 aromatic heterocycles. The molecule has 0 aliphatic carbocycles. The van der Waals surface area contributed by atoms with Crippen LogP contribution < -0.4 is 15.2 Å². The Kier molecular flexibility index (Phi) is 2.29. The van der Waals surface area contributed by atoms with Crippen molar-refractivity contribution in [2.75, 3.05) is 12.8 Å². The molecule has 0 saturated heterocycles. The summed E-state index contributed by atoms with van der Waals surface area (Å²) >= 11 is 0. The molecule has 5 nitrogen and oxygen atoms in total. The van der Waals surface area contributed by atoms with E-state index < -0.39 is 0 Å². The van der Waals surface area contributed by atoms with E-state index >= 15 is 0 Å². The van der Waals surface area contributed by atoms with Gasteiger partial charge in [0.1, 0.15) is 17.7 Å². The van der Waals surface area contributed by atoms with E-state index in [4.69, 9.17) is 15.2 Å². The average Bonchev–Trinajstić information content (AvgIpc) is 2.70. The molecule has 0 bridgehead atoms. The SMILES string of the molecule is COc1cc2c(N)nc(C)nc2c2c1OC(C)C2. The summed E-state index contributed by atoms with van der Waals surface area (Å²) < 4.78 is 11.2. The van der Waals surface area contributed by atoms with Crippen molar-refractivity contribution < 1.29 is 9.47 Å². The number of aromatic nitrogens is 2. The van der Waals surface area contributed by atoms with Crippen molar-refractivity contribution in [2.24, 2.45) is 0 Å². The third-order valence-corrected chi connectivity index (χ3v) is 3.18. The van der Waals surface area contributed by atoms with Gasteiger partial charge in [-0.2, -0.15) is 0 Å². The molecule has 5 heteroatoms.